The zero-order valence-electron chi connectivity index (χ0n) is 11.7. The Kier molecular flexibility index (Phi) is 3.12. The highest BCUT2D eigenvalue weighted by molar-refractivity contribution is 7.17. The molecule has 1 unspecified atom stereocenters. The number of aryl methyl sites for hydroxylation is 1. The zero-order valence-corrected chi connectivity index (χ0v) is 12.5. The molecule has 0 amide bonds. The van der Waals surface area contributed by atoms with E-state index in [1.165, 1.54) is 15.8 Å². The van der Waals surface area contributed by atoms with Crippen molar-refractivity contribution in [3.8, 4) is 0 Å². The second kappa shape index (κ2) is 5.12. The molecule has 21 heavy (non-hydrogen) atoms. The second-order valence-electron chi connectivity index (χ2n) is 5.72. The van der Waals surface area contributed by atoms with Crippen LogP contribution < -0.4 is 0 Å². The lowest BCUT2D eigenvalue weighted by Crippen LogP contribution is -2.22. The van der Waals surface area contributed by atoms with Crippen LogP contribution in [0.2, 0.25) is 0 Å². The van der Waals surface area contributed by atoms with Crippen molar-refractivity contribution < 1.29 is 4.79 Å². The van der Waals surface area contributed by atoms with Gasteiger partial charge in [-0.3, -0.25) is 4.79 Å². The minimum Gasteiger partial charge on any atom is -0.294 e. The maximum Gasteiger partial charge on any atom is 0.167 e. The third-order valence-corrected chi connectivity index (χ3v) is 5.43. The van der Waals surface area contributed by atoms with Crippen LogP contribution in [-0.2, 0) is 12.8 Å². The number of ketones is 1. The lowest BCUT2D eigenvalue weighted by Gasteiger charge is -2.23. The van der Waals surface area contributed by atoms with E-state index in [0.29, 0.717) is 5.78 Å². The van der Waals surface area contributed by atoms with Crippen LogP contribution in [0.3, 0.4) is 0 Å². The summed E-state index contributed by atoms with van der Waals surface area (Å²) in [6, 6.07) is 16.7. The van der Waals surface area contributed by atoms with Crippen LogP contribution in [0.5, 0.6) is 0 Å². The highest BCUT2D eigenvalue weighted by Gasteiger charge is 2.26. The van der Waals surface area contributed by atoms with Crippen molar-refractivity contribution >= 4 is 27.2 Å². The van der Waals surface area contributed by atoms with Gasteiger partial charge in [-0.15, -0.1) is 11.3 Å². The van der Waals surface area contributed by atoms with E-state index in [4.69, 9.17) is 0 Å². The molecule has 1 aliphatic rings. The number of hydrogen-bond donors (Lipinski definition) is 0. The largest absolute Gasteiger partial charge is 0.294 e. The van der Waals surface area contributed by atoms with E-state index in [-0.39, 0.29) is 5.92 Å². The summed E-state index contributed by atoms with van der Waals surface area (Å²) >= 11 is 1.67. The maximum atomic E-state index is 12.9. The Bertz CT molecular complexity index is 815. The number of hydrogen-bond acceptors (Lipinski definition) is 2. The van der Waals surface area contributed by atoms with Gasteiger partial charge >= 0.3 is 0 Å². The molecule has 0 radical (unpaired) electrons. The Balaban J connectivity index is 1.67. The monoisotopic (exact) mass is 292 g/mol. The summed E-state index contributed by atoms with van der Waals surface area (Å²) in [5.41, 5.74) is 3.68. The normalized spacial score (nSPS) is 17.6. The van der Waals surface area contributed by atoms with E-state index < -0.39 is 0 Å². The molecule has 0 spiro atoms. The van der Waals surface area contributed by atoms with Crippen LogP contribution in [0.25, 0.3) is 10.1 Å². The number of thiophene rings is 1. The zero-order chi connectivity index (χ0) is 14.2. The van der Waals surface area contributed by atoms with Crippen LogP contribution >= 0.6 is 11.3 Å². The minimum atomic E-state index is 0.137. The maximum absolute atomic E-state index is 12.9. The summed E-state index contributed by atoms with van der Waals surface area (Å²) in [5.74, 6) is 0.458. The van der Waals surface area contributed by atoms with Crippen molar-refractivity contribution in [2.24, 2.45) is 5.92 Å². The van der Waals surface area contributed by atoms with Crippen molar-refractivity contribution in [3.05, 3.63) is 70.6 Å². The molecular formula is C19H16OS. The van der Waals surface area contributed by atoms with Gasteiger partial charge in [0.25, 0.3) is 0 Å². The fourth-order valence-electron chi connectivity index (χ4n) is 3.31. The molecule has 2 heteroatoms. The van der Waals surface area contributed by atoms with Crippen molar-refractivity contribution in [2.45, 2.75) is 19.3 Å². The number of carbonyl (C=O) groups is 1. The van der Waals surface area contributed by atoms with Gasteiger partial charge in [0.15, 0.2) is 5.78 Å². The number of fused-ring (bicyclic) bond motifs is 2. The van der Waals surface area contributed by atoms with Crippen LogP contribution in [0.1, 0.15) is 27.9 Å². The first kappa shape index (κ1) is 12.8. The summed E-state index contributed by atoms with van der Waals surface area (Å²) in [6.45, 7) is 0. The van der Waals surface area contributed by atoms with E-state index >= 15 is 0 Å². The minimum absolute atomic E-state index is 0.137. The van der Waals surface area contributed by atoms with Gasteiger partial charge in [0.05, 0.1) is 0 Å². The number of benzene rings is 2. The molecule has 1 atom stereocenters. The highest BCUT2D eigenvalue weighted by Crippen LogP contribution is 2.32. The number of rotatable bonds is 2. The van der Waals surface area contributed by atoms with Crippen LogP contribution in [-0.4, -0.2) is 5.78 Å². The van der Waals surface area contributed by atoms with Crippen LogP contribution in [0, 0.1) is 5.92 Å². The first-order valence-electron chi connectivity index (χ1n) is 7.40. The smallest absolute Gasteiger partial charge is 0.167 e. The predicted molar refractivity (Wildman–Crippen MR) is 88.1 cm³/mol. The third-order valence-electron chi connectivity index (χ3n) is 4.46. The molecule has 1 heterocycles. The van der Waals surface area contributed by atoms with Crippen molar-refractivity contribution in [1.29, 1.82) is 0 Å². The lowest BCUT2D eigenvalue weighted by molar-refractivity contribution is 0.0911. The van der Waals surface area contributed by atoms with Crippen molar-refractivity contribution in [3.63, 3.8) is 0 Å². The first-order valence-corrected chi connectivity index (χ1v) is 8.28. The van der Waals surface area contributed by atoms with Gasteiger partial charge in [0, 0.05) is 26.9 Å². The van der Waals surface area contributed by atoms with Crippen molar-refractivity contribution in [1.82, 2.24) is 0 Å². The molecule has 0 fully saturated rings. The molecule has 0 saturated heterocycles. The fraction of sp³-hybridized carbons (Fsp3) is 0.211. The summed E-state index contributed by atoms with van der Waals surface area (Å²) in [6.07, 6.45) is 2.88. The van der Waals surface area contributed by atoms with Crippen LogP contribution in [0.15, 0.2) is 53.9 Å². The molecule has 4 rings (SSSR count). The molecule has 0 N–H and O–H groups in total. The molecule has 0 aliphatic heterocycles. The van der Waals surface area contributed by atoms with Crippen LogP contribution in [0.4, 0.5) is 0 Å². The Morgan fingerprint density at radius 3 is 2.67 bits per heavy atom. The average Bonchev–Trinajstić information content (AvgIpc) is 2.98. The molecule has 104 valence electrons. The molecule has 2 aromatic carbocycles. The third kappa shape index (κ3) is 2.20. The van der Waals surface area contributed by atoms with Gasteiger partial charge in [0.2, 0.25) is 0 Å². The topological polar surface area (TPSA) is 17.1 Å². The second-order valence-corrected chi connectivity index (χ2v) is 6.63. The van der Waals surface area contributed by atoms with Gasteiger partial charge in [-0.1, -0.05) is 42.5 Å². The van der Waals surface area contributed by atoms with E-state index in [1.807, 2.05) is 17.5 Å². The summed E-state index contributed by atoms with van der Waals surface area (Å²) < 4.78 is 1.21. The Morgan fingerprint density at radius 2 is 1.76 bits per heavy atom. The first-order chi connectivity index (χ1) is 10.3. The Hall–Kier alpha value is -1.93. The quantitative estimate of drug-likeness (QED) is 0.615. The van der Waals surface area contributed by atoms with Gasteiger partial charge in [-0.25, -0.2) is 0 Å². The average molecular weight is 292 g/mol. The Labute approximate surface area is 128 Å². The van der Waals surface area contributed by atoms with E-state index in [1.54, 1.807) is 11.3 Å². The van der Waals surface area contributed by atoms with Crippen molar-refractivity contribution in [2.75, 3.05) is 0 Å². The molecule has 1 nitrogen and oxygen atoms in total. The van der Waals surface area contributed by atoms with E-state index in [9.17, 15) is 4.79 Å². The molecule has 3 aromatic rings. The molecule has 0 saturated carbocycles. The van der Waals surface area contributed by atoms with Gasteiger partial charge in [-0.2, -0.15) is 0 Å². The number of carbonyl (C=O) groups excluding carboxylic acids is 1. The van der Waals surface area contributed by atoms with Gasteiger partial charge in [-0.05, 0) is 36.5 Å². The predicted octanol–water partition coefficient (Wildman–Crippen LogP) is 4.89. The summed E-state index contributed by atoms with van der Waals surface area (Å²) in [7, 11) is 0. The Morgan fingerprint density at radius 1 is 1.00 bits per heavy atom. The molecular weight excluding hydrogens is 276 g/mol. The van der Waals surface area contributed by atoms with Gasteiger partial charge in [0.1, 0.15) is 0 Å². The van der Waals surface area contributed by atoms with Gasteiger partial charge < -0.3 is 0 Å². The SMILES string of the molecule is O=C(c1csc2ccccc12)C1CCc2ccccc2C1. The summed E-state index contributed by atoms with van der Waals surface area (Å²) in [4.78, 5) is 12.9. The summed E-state index contributed by atoms with van der Waals surface area (Å²) in [5, 5.41) is 3.15. The highest BCUT2D eigenvalue weighted by atomic mass is 32.1. The standard InChI is InChI=1S/C19H16OS/c20-19(17-12-21-18-8-4-3-7-16(17)18)15-10-9-13-5-1-2-6-14(13)11-15/h1-8,12,15H,9-11H2. The van der Waals surface area contributed by atoms with E-state index in [0.717, 1.165) is 30.2 Å². The molecule has 1 aliphatic carbocycles. The van der Waals surface area contributed by atoms with E-state index in [2.05, 4.69) is 36.4 Å². The fourth-order valence-corrected chi connectivity index (χ4v) is 4.26. The molecule has 1 aromatic heterocycles. The lowest BCUT2D eigenvalue weighted by atomic mass is 9.80. The number of Topliss-reactive ketones (excluding diaryl/α,β-unsaturated/α-hetero) is 1. The molecule has 0 bridgehead atoms.